The van der Waals surface area contributed by atoms with Gasteiger partial charge in [0, 0.05) is 28.7 Å². The van der Waals surface area contributed by atoms with Crippen molar-refractivity contribution in [2.75, 3.05) is 0 Å². The Morgan fingerprint density at radius 2 is 2.24 bits per heavy atom. The summed E-state index contributed by atoms with van der Waals surface area (Å²) >= 11 is 1.73. The van der Waals surface area contributed by atoms with Gasteiger partial charge in [-0.05, 0) is 47.0 Å². The number of fused-ring (bicyclic) bond motifs is 1. The third kappa shape index (κ3) is 2.90. The topological polar surface area (TPSA) is 42.7 Å². The Labute approximate surface area is 130 Å². The second-order valence-corrected chi connectivity index (χ2v) is 7.76. The van der Waals surface area contributed by atoms with Crippen molar-refractivity contribution in [3.8, 4) is 0 Å². The molecule has 0 aliphatic heterocycles. The molecule has 1 atom stereocenters. The molecule has 2 aromatic rings. The van der Waals surface area contributed by atoms with E-state index >= 15 is 0 Å². The number of nitrogens with one attached hydrogen (secondary N) is 1. The fourth-order valence-electron chi connectivity index (χ4n) is 3.06. The lowest BCUT2D eigenvalue weighted by atomic mass is 9.92. The highest BCUT2D eigenvalue weighted by Gasteiger charge is 2.27. The predicted octanol–water partition coefficient (Wildman–Crippen LogP) is 3.57. The summed E-state index contributed by atoms with van der Waals surface area (Å²) in [5.41, 5.74) is 5.93. The third-order valence-corrected chi connectivity index (χ3v) is 5.11. The standard InChI is InChI=1S/C16H24N4S/c1-11-15(21-10-18-11)9-17-13-6-5-7-14-12(13)8-19-20(14)16(2,3)4/h8,10,13,17H,5-7,9H2,1-4H3/t13-/m0/s1. The van der Waals surface area contributed by atoms with Crippen LogP contribution < -0.4 is 5.32 Å². The molecule has 0 saturated carbocycles. The van der Waals surface area contributed by atoms with Crippen LogP contribution in [0, 0.1) is 6.92 Å². The molecule has 0 aromatic carbocycles. The Hall–Kier alpha value is -1.20. The van der Waals surface area contributed by atoms with Crippen molar-refractivity contribution in [1.82, 2.24) is 20.1 Å². The van der Waals surface area contributed by atoms with Gasteiger partial charge in [0.1, 0.15) is 0 Å². The number of hydrogen-bond donors (Lipinski definition) is 1. The van der Waals surface area contributed by atoms with Crippen molar-refractivity contribution in [3.05, 3.63) is 33.5 Å². The fourth-order valence-corrected chi connectivity index (χ4v) is 3.79. The minimum Gasteiger partial charge on any atom is -0.305 e. The van der Waals surface area contributed by atoms with Crippen LogP contribution >= 0.6 is 11.3 Å². The van der Waals surface area contributed by atoms with Crippen molar-refractivity contribution >= 4 is 11.3 Å². The van der Waals surface area contributed by atoms with Crippen LogP contribution in [-0.2, 0) is 18.5 Å². The fraction of sp³-hybridized carbons (Fsp3) is 0.625. The molecule has 0 radical (unpaired) electrons. The zero-order chi connectivity index (χ0) is 15.0. The number of aromatic nitrogens is 3. The Morgan fingerprint density at radius 1 is 1.43 bits per heavy atom. The Kier molecular flexibility index (Phi) is 3.88. The zero-order valence-corrected chi connectivity index (χ0v) is 14.1. The smallest absolute Gasteiger partial charge is 0.0798 e. The number of thiazole rings is 1. The quantitative estimate of drug-likeness (QED) is 0.942. The summed E-state index contributed by atoms with van der Waals surface area (Å²) in [6.45, 7) is 9.65. The van der Waals surface area contributed by atoms with Gasteiger partial charge in [-0.25, -0.2) is 4.98 Å². The number of rotatable bonds is 3. The van der Waals surface area contributed by atoms with Crippen molar-refractivity contribution in [2.45, 2.75) is 65.1 Å². The van der Waals surface area contributed by atoms with Gasteiger partial charge in [0.25, 0.3) is 0 Å². The minimum absolute atomic E-state index is 0.0593. The first-order valence-corrected chi connectivity index (χ1v) is 8.54. The maximum Gasteiger partial charge on any atom is 0.0798 e. The number of nitrogens with zero attached hydrogens (tertiary/aromatic N) is 3. The predicted molar refractivity (Wildman–Crippen MR) is 86.6 cm³/mol. The van der Waals surface area contributed by atoms with Crippen LogP contribution in [0.1, 0.15) is 61.5 Å². The van der Waals surface area contributed by atoms with E-state index in [9.17, 15) is 0 Å². The highest BCUT2D eigenvalue weighted by atomic mass is 32.1. The average molecular weight is 304 g/mol. The second-order valence-electron chi connectivity index (χ2n) is 6.82. The van der Waals surface area contributed by atoms with Gasteiger partial charge >= 0.3 is 0 Å². The molecule has 0 fully saturated rings. The molecule has 21 heavy (non-hydrogen) atoms. The molecule has 1 aliphatic carbocycles. The van der Waals surface area contributed by atoms with Crippen LogP contribution in [0.5, 0.6) is 0 Å². The lowest BCUT2D eigenvalue weighted by molar-refractivity contribution is 0.334. The lowest BCUT2D eigenvalue weighted by Gasteiger charge is -2.28. The zero-order valence-electron chi connectivity index (χ0n) is 13.3. The summed E-state index contributed by atoms with van der Waals surface area (Å²) in [6.07, 6.45) is 5.64. The first-order chi connectivity index (χ1) is 9.97. The van der Waals surface area contributed by atoms with E-state index in [1.807, 2.05) is 5.51 Å². The van der Waals surface area contributed by atoms with E-state index in [-0.39, 0.29) is 5.54 Å². The van der Waals surface area contributed by atoms with Crippen molar-refractivity contribution in [2.24, 2.45) is 0 Å². The minimum atomic E-state index is 0.0593. The summed E-state index contributed by atoms with van der Waals surface area (Å²) in [5.74, 6) is 0. The Morgan fingerprint density at radius 3 is 2.90 bits per heavy atom. The van der Waals surface area contributed by atoms with Crippen molar-refractivity contribution < 1.29 is 0 Å². The molecule has 0 saturated heterocycles. The maximum absolute atomic E-state index is 4.65. The van der Waals surface area contributed by atoms with Crippen molar-refractivity contribution in [1.29, 1.82) is 0 Å². The third-order valence-electron chi connectivity index (χ3n) is 4.17. The summed E-state index contributed by atoms with van der Waals surface area (Å²) in [7, 11) is 0. The van der Waals surface area contributed by atoms with E-state index in [2.05, 4.69) is 54.0 Å². The monoisotopic (exact) mass is 304 g/mol. The highest BCUT2D eigenvalue weighted by Crippen LogP contribution is 2.32. The van der Waals surface area contributed by atoms with E-state index in [1.165, 1.54) is 29.0 Å². The molecule has 1 N–H and O–H groups in total. The second kappa shape index (κ2) is 5.54. The normalized spacial score (nSPS) is 18.8. The molecule has 3 rings (SSSR count). The molecule has 0 spiro atoms. The molecule has 1 aliphatic rings. The Bertz CT molecular complexity index is 621. The summed E-state index contributed by atoms with van der Waals surface area (Å²) in [5, 5.41) is 8.35. The van der Waals surface area contributed by atoms with Gasteiger partial charge in [-0.2, -0.15) is 5.10 Å². The molecule has 2 aromatic heterocycles. The van der Waals surface area contributed by atoms with E-state index < -0.39 is 0 Å². The molecule has 5 heteroatoms. The van der Waals surface area contributed by atoms with Crippen LogP contribution in [0.2, 0.25) is 0 Å². The molecular formula is C16H24N4S. The first kappa shape index (κ1) is 14.7. The van der Waals surface area contributed by atoms with E-state index in [1.54, 1.807) is 11.3 Å². The van der Waals surface area contributed by atoms with Gasteiger partial charge in [-0.1, -0.05) is 0 Å². The molecule has 0 amide bonds. The van der Waals surface area contributed by atoms with Crippen molar-refractivity contribution in [3.63, 3.8) is 0 Å². The molecular weight excluding hydrogens is 280 g/mol. The summed E-state index contributed by atoms with van der Waals surface area (Å²) in [6, 6.07) is 0.423. The van der Waals surface area contributed by atoms with Crippen LogP contribution in [0.15, 0.2) is 11.7 Å². The van der Waals surface area contributed by atoms with Crippen LogP contribution in [-0.4, -0.2) is 14.8 Å². The van der Waals surface area contributed by atoms with Gasteiger partial charge in [-0.3, -0.25) is 4.68 Å². The van der Waals surface area contributed by atoms with Gasteiger partial charge in [0.15, 0.2) is 0 Å². The van der Waals surface area contributed by atoms with Gasteiger partial charge in [0.05, 0.1) is 22.9 Å². The van der Waals surface area contributed by atoms with Crippen LogP contribution in [0.4, 0.5) is 0 Å². The number of hydrogen-bond acceptors (Lipinski definition) is 4. The molecule has 114 valence electrons. The summed E-state index contributed by atoms with van der Waals surface area (Å²) in [4.78, 5) is 5.66. The van der Waals surface area contributed by atoms with Crippen LogP contribution in [0.3, 0.4) is 0 Å². The maximum atomic E-state index is 4.65. The van der Waals surface area contributed by atoms with Gasteiger partial charge < -0.3 is 5.32 Å². The highest BCUT2D eigenvalue weighted by molar-refractivity contribution is 7.09. The molecule has 2 heterocycles. The molecule has 4 nitrogen and oxygen atoms in total. The van der Waals surface area contributed by atoms with Gasteiger partial charge in [-0.15, -0.1) is 11.3 Å². The van der Waals surface area contributed by atoms with Gasteiger partial charge in [0.2, 0.25) is 0 Å². The largest absolute Gasteiger partial charge is 0.305 e. The SMILES string of the molecule is Cc1ncsc1CN[C@H]1CCCc2c1cnn2C(C)(C)C. The van der Waals surface area contributed by atoms with E-state index in [0.29, 0.717) is 6.04 Å². The molecule has 0 bridgehead atoms. The summed E-state index contributed by atoms with van der Waals surface area (Å²) < 4.78 is 2.20. The Balaban J connectivity index is 1.78. The molecule has 0 unspecified atom stereocenters. The van der Waals surface area contributed by atoms with Crippen LogP contribution in [0.25, 0.3) is 0 Å². The first-order valence-electron chi connectivity index (χ1n) is 7.66. The van der Waals surface area contributed by atoms with E-state index in [4.69, 9.17) is 0 Å². The number of aryl methyl sites for hydroxylation is 1. The lowest BCUT2D eigenvalue weighted by Crippen LogP contribution is -2.29. The van der Waals surface area contributed by atoms with E-state index in [0.717, 1.165) is 18.7 Å². The average Bonchev–Trinajstić information content (AvgIpc) is 3.02.